The Bertz CT molecular complexity index is 662. The van der Waals surface area contributed by atoms with Crippen molar-refractivity contribution in [2.45, 2.75) is 349 Å². The summed E-state index contributed by atoms with van der Waals surface area (Å²) in [7, 11) is -2.08. The number of unbranched alkanes of at least 4 members (excludes halogenated alkanes) is 39. The van der Waals surface area contributed by atoms with Crippen molar-refractivity contribution in [1.29, 1.82) is 0 Å². The maximum atomic E-state index is 12.0. The second-order valence-corrected chi connectivity index (χ2v) is 25.8. The van der Waals surface area contributed by atoms with E-state index in [9.17, 15) is 4.80 Å². The van der Waals surface area contributed by atoms with E-state index in [-0.39, 0.29) is 0 Å². The zero-order valence-corrected chi connectivity index (χ0v) is 43.6. The van der Waals surface area contributed by atoms with Crippen LogP contribution in [0.5, 0.6) is 0 Å². The molecule has 0 saturated carbocycles. The molecule has 0 unspecified atom stereocenters. The predicted molar refractivity (Wildman–Crippen MR) is 275 cm³/mol. The molecule has 0 aromatic carbocycles. The molecule has 1 N–H and O–H groups in total. The quantitative estimate of drug-likeness (QED) is 0.0478. The third kappa shape index (κ3) is 50.7. The largest absolute Gasteiger partial charge is 0.432 e. The normalized spacial score (nSPS) is 12.3. The first-order valence-electron chi connectivity index (χ1n) is 28.5. The van der Waals surface area contributed by atoms with Gasteiger partial charge in [-0.2, -0.15) is 0 Å². The molecule has 2 heteroatoms. The molecule has 0 aliphatic rings. The lowest BCUT2D eigenvalue weighted by atomic mass is 10.0. The number of hydrogen-bond acceptors (Lipinski definition) is 1. The molecule has 0 aromatic heterocycles. The Balaban J connectivity index is 4.10. The van der Waals surface area contributed by atoms with Gasteiger partial charge < -0.3 is 4.80 Å². The fraction of sp³-hybridized carbons (Fsp3) is 1.00. The Labute approximate surface area is 377 Å². The minimum absolute atomic E-state index is 0.881. The van der Waals surface area contributed by atoms with Gasteiger partial charge in [-0.1, -0.05) is 330 Å². The fourth-order valence-corrected chi connectivity index (χ4v) is 13.2. The van der Waals surface area contributed by atoms with E-state index in [1.54, 1.807) is 0 Å². The van der Waals surface area contributed by atoms with E-state index in [0.29, 0.717) is 0 Å². The van der Waals surface area contributed by atoms with Crippen LogP contribution in [0, 0.1) is 17.8 Å². The summed E-state index contributed by atoms with van der Waals surface area (Å²) in [5.74, 6) is 2.64. The van der Waals surface area contributed by atoms with Crippen LogP contribution in [-0.2, 0) is 0 Å². The smallest absolute Gasteiger partial charge is 0.188 e. The first-order chi connectivity index (χ1) is 28.7. The van der Waals surface area contributed by atoms with Gasteiger partial charge >= 0.3 is 0 Å². The molecular formula is C57H118OSi. The molecule has 0 spiro atoms. The van der Waals surface area contributed by atoms with Gasteiger partial charge in [-0.3, -0.25) is 0 Å². The van der Waals surface area contributed by atoms with E-state index in [4.69, 9.17) is 0 Å². The summed E-state index contributed by atoms with van der Waals surface area (Å²) in [6.45, 7) is 14.1. The minimum Gasteiger partial charge on any atom is -0.432 e. The molecule has 0 heterocycles. The summed E-state index contributed by atoms with van der Waals surface area (Å²) in [5.41, 5.74) is 0. The third-order valence-corrected chi connectivity index (χ3v) is 17.9. The monoisotopic (exact) mass is 847 g/mol. The molecule has 0 fully saturated rings. The molecule has 59 heavy (non-hydrogen) atoms. The molecule has 0 radical (unpaired) electrons. The van der Waals surface area contributed by atoms with Crippen LogP contribution in [0.15, 0.2) is 0 Å². The highest BCUT2D eigenvalue weighted by molar-refractivity contribution is 6.72. The molecule has 356 valence electrons. The van der Waals surface area contributed by atoms with Crippen molar-refractivity contribution in [2.24, 2.45) is 17.8 Å². The zero-order chi connectivity index (χ0) is 43.2. The summed E-state index contributed by atoms with van der Waals surface area (Å²) in [6.07, 6.45) is 64.4. The van der Waals surface area contributed by atoms with E-state index in [2.05, 4.69) is 41.5 Å². The van der Waals surface area contributed by atoms with Gasteiger partial charge in [0.25, 0.3) is 0 Å². The van der Waals surface area contributed by atoms with Crippen LogP contribution in [0.25, 0.3) is 0 Å². The lowest BCUT2D eigenvalue weighted by Crippen LogP contribution is -2.34. The molecule has 0 aromatic rings. The van der Waals surface area contributed by atoms with Crippen LogP contribution in [0.1, 0.15) is 330 Å². The van der Waals surface area contributed by atoms with E-state index < -0.39 is 8.32 Å². The maximum Gasteiger partial charge on any atom is 0.188 e. The topological polar surface area (TPSA) is 20.2 Å². The molecule has 0 bridgehead atoms. The average Bonchev–Trinajstić information content (AvgIpc) is 3.20. The fourth-order valence-electron chi connectivity index (χ4n) is 9.76. The standard InChI is InChI=1S/C57H118OSi/c1-55(2)49-43-37-31-25-19-13-7-10-16-22-28-34-40-46-52-59(58,53-47-41-35-29-23-17-11-8-14-20-26-32-38-44-50-56(3)4)54-48-42-36-30-24-18-12-9-15-21-27-33-39-45-51-57(5)6/h55-58H,7-54H2,1-6H3. The van der Waals surface area contributed by atoms with Crippen LogP contribution < -0.4 is 0 Å². The molecule has 0 aliphatic heterocycles. The summed E-state index contributed by atoms with van der Waals surface area (Å²) in [5, 5.41) is 0. The van der Waals surface area contributed by atoms with E-state index in [1.165, 1.54) is 307 Å². The first kappa shape index (κ1) is 59.2. The van der Waals surface area contributed by atoms with E-state index in [0.717, 1.165) is 17.8 Å². The van der Waals surface area contributed by atoms with Crippen LogP contribution >= 0.6 is 0 Å². The van der Waals surface area contributed by atoms with Crippen molar-refractivity contribution in [1.82, 2.24) is 0 Å². The highest BCUT2D eigenvalue weighted by Crippen LogP contribution is 2.28. The van der Waals surface area contributed by atoms with Crippen LogP contribution in [0.3, 0.4) is 0 Å². The highest BCUT2D eigenvalue weighted by Gasteiger charge is 2.29. The third-order valence-electron chi connectivity index (χ3n) is 14.0. The SMILES string of the molecule is CC(C)CCCCCCCCCCCCCCCC[Si](O)(CCCCCCCCCCCCCCCCC(C)C)CCCCCCCCCCCCCCCCC(C)C. The van der Waals surface area contributed by atoms with E-state index >= 15 is 0 Å². The Hall–Kier alpha value is 0.177. The molecule has 0 rings (SSSR count). The van der Waals surface area contributed by atoms with Crippen LogP contribution in [-0.4, -0.2) is 13.1 Å². The van der Waals surface area contributed by atoms with Gasteiger partial charge in [-0.15, -0.1) is 0 Å². The first-order valence-corrected chi connectivity index (χ1v) is 31.0. The lowest BCUT2D eigenvalue weighted by Gasteiger charge is -2.25. The van der Waals surface area contributed by atoms with Gasteiger partial charge in [0.05, 0.1) is 0 Å². The Morgan fingerprint density at radius 1 is 0.203 bits per heavy atom. The maximum absolute atomic E-state index is 12.0. The molecule has 0 saturated heterocycles. The van der Waals surface area contributed by atoms with Crippen molar-refractivity contribution in [3.8, 4) is 0 Å². The average molecular weight is 848 g/mol. The van der Waals surface area contributed by atoms with Crippen molar-refractivity contribution in [2.75, 3.05) is 0 Å². The summed E-state index contributed by atoms with van der Waals surface area (Å²) in [4.78, 5) is 12.0. The van der Waals surface area contributed by atoms with Crippen LogP contribution in [0.4, 0.5) is 0 Å². The zero-order valence-electron chi connectivity index (χ0n) is 42.6. The predicted octanol–water partition coefficient (Wildman–Crippen LogP) is 21.4. The lowest BCUT2D eigenvalue weighted by molar-refractivity contribution is 0.489. The molecule has 1 nitrogen and oxygen atoms in total. The minimum atomic E-state index is -2.08. The van der Waals surface area contributed by atoms with Gasteiger partial charge in [0.1, 0.15) is 0 Å². The van der Waals surface area contributed by atoms with Gasteiger partial charge in [0.2, 0.25) is 0 Å². The molecule has 0 aliphatic carbocycles. The van der Waals surface area contributed by atoms with Gasteiger partial charge in [-0.25, -0.2) is 0 Å². The van der Waals surface area contributed by atoms with Crippen molar-refractivity contribution >= 4 is 8.32 Å². The van der Waals surface area contributed by atoms with E-state index in [1.807, 2.05) is 0 Å². The van der Waals surface area contributed by atoms with Gasteiger partial charge in [0.15, 0.2) is 8.32 Å². The Kier molecular flexibility index (Phi) is 47.8. The second kappa shape index (κ2) is 47.7. The molecule has 0 amide bonds. The summed E-state index contributed by atoms with van der Waals surface area (Å²) in [6, 6.07) is 3.58. The summed E-state index contributed by atoms with van der Waals surface area (Å²) >= 11 is 0. The second-order valence-electron chi connectivity index (χ2n) is 21.9. The van der Waals surface area contributed by atoms with Gasteiger partial charge in [-0.05, 0) is 35.9 Å². The van der Waals surface area contributed by atoms with Crippen LogP contribution in [0.2, 0.25) is 18.1 Å². The highest BCUT2D eigenvalue weighted by atomic mass is 28.4. The number of rotatable bonds is 51. The summed E-state index contributed by atoms with van der Waals surface area (Å²) < 4.78 is 0. The number of hydrogen-bond donors (Lipinski definition) is 1. The van der Waals surface area contributed by atoms with Gasteiger partial charge in [0, 0.05) is 0 Å². The molecular weight excluding hydrogens is 729 g/mol. The molecule has 0 atom stereocenters. The van der Waals surface area contributed by atoms with Crippen molar-refractivity contribution in [3.63, 3.8) is 0 Å². The Morgan fingerprint density at radius 2 is 0.322 bits per heavy atom. The van der Waals surface area contributed by atoms with Crippen molar-refractivity contribution < 1.29 is 4.80 Å². The van der Waals surface area contributed by atoms with Crippen molar-refractivity contribution in [3.05, 3.63) is 0 Å². The Morgan fingerprint density at radius 3 is 0.458 bits per heavy atom.